The number of nitrogens with zero attached hydrogens (tertiary/aromatic N) is 3. The van der Waals surface area contributed by atoms with Crippen LogP contribution in [0.4, 0.5) is 51.2 Å². The lowest BCUT2D eigenvalue weighted by Crippen LogP contribution is -2.37. The molecule has 22 aromatic carbocycles. The average molecular weight is 1890 g/mol. The second-order valence-corrected chi connectivity index (χ2v) is 41.2. The summed E-state index contributed by atoms with van der Waals surface area (Å²) < 4.78 is 1.31. The normalized spacial score (nSPS) is 13.8. The monoisotopic (exact) mass is 1890 g/mol. The Balaban J connectivity index is 0.000000115. The zero-order chi connectivity index (χ0) is 97.8. The van der Waals surface area contributed by atoms with Gasteiger partial charge in [0.2, 0.25) is 0 Å². The second kappa shape index (κ2) is 38.3. The molecule has 4 heteroatoms. The fourth-order valence-electron chi connectivity index (χ4n) is 24.3. The van der Waals surface area contributed by atoms with Gasteiger partial charge in [-0.3, -0.25) is 0 Å². The van der Waals surface area contributed by atoms with Crippen molar-refractivity contribution in [2.45, 2.75) is 88.9 Å². The summed E-state index contributed by atoms with van der Waals surface area (Å²) in [4.78, 5) is 7.50. The Labute approximate surface area is 861 Å². The molecule has 0 bridgehead atoms. The van der Waals surface area contributed by atoms with Crippen LogP contribution in [0.3, 0.4) is 0 Å². The van der Waals surface area contributed by atoms with Gasteiger partial charge in [-0.05, 0) is 318 Å². The SMILES string of the molecule is CC1(C)c2cc(-c3ccccc3)ccc2N(c2ccc(-c3ccccc3)cc2)c2ccc(-c3csc4cc(-c5ccccc5)ccc34)cc21.CCC1(CC)c2cc(-c3ccccc3)ccc2N(c2ccc3c(ccc4ccccc43)c2)c2ccc(-c3ccccc3)cc21.c1ccc(-c2ccc(-c3ccc4c(c3)C3(CCCCC3)c3cc(-c5cccc6ccccc56)ccc3N4c3ccc(-c4ccccc4)cc3)cc2)cc1. The highest BCUT2D eigenvalue weighted by atomic mass is 32.1. The summed E-state index contributed by atoms with van der Waals surface area (Å²) in [5.41, 5.74) is 44.2. The van der Waals surface area contributed by atoms with E-state index in [-0.39, 0.29) is 16.2 Å². The van der Waals surface area contributed by atoms with E-state index in [9.17, 15) is 0 Å². The predicted molar refractivity (Wildman–Crippen MR) is 623 cm³/mol. The van der Waals surface area contributed by atoms with E-state index in [1.54, 1.807) is 0 Å². The first-order valence-electron chi connectivity index (χ1n) is 51.9. The average Bonchev–Trinajstić information content (AvgIpc) is 0.728. The maximum absolute atomic E-state index is 2.55. The Morgan fingerprint density at radius 2 is 0.493 bits per heavy atom. The summed E-state index contributed by atoms with van der Waals surface area (Å²) >= 11 is 1.83. The van der Waals surface area contributed by atoms with Crippen LogP contribution in [0.1, 0.15) is 106 Å². The van der Waals surface area contributed by atoms with Gasteiger partial charge in [-0.2, -0.15) is 0 Å². The molecule has 1 aromatic heterocycles. The lowest BCUT2D eigenvalue weighted by atomic mass is 9.62. The lowest BCUT2D eigenvalue weighted by molar-refractivity contribution is 0.344. The number of benzene rings is 22. The molecule has 3 nitrogen and oxygen atoms in total. The van der Waals surface area contributed by atoms with Gasteiger partial charge in [0, 0.05) is 49.0 Å². The Morgan fingerprint density at radius 3 is 0.945 bits per heavy atom. The molecular weight excluding hydrogens is 1780 g/mol. The van der Waals surface area contributed by atoms with Gasteiger partial charge in [0.1, 0.15) is 0 Å². The quantitative estimate of drug-likeness (QED) is 0.0947. The van der Waals surface area contributed by atoms with Gasteiger partial charge in [0.25, 0.3) is 0 Å². The third-order valence-electron chi connectivity index (χ3n) is 31.9. The molecule has 0 atom stereocenters. The van der Waals surface area contributed by atoms with Crippen molar-refractivity contribution in [3.63, 3.8) is 0 Å². The number of fused-ring (bicyclic) bond motifs is 13. The molecule has 3 aliphatic heterocycles. The molecule has 4 heterocycles. The van der Waals surface area contributed by atoms with E-state index < -0.39 is 0 Å². The molecular formula is C142H111N3S. The highest BCUT2D eigenvalue weighted by Crippen LogP contribution is 2.62. The smallest absolute Gasteiger partial charge is 0.0503 e. The molecule has 1 fully saturated rings. The van der Waals surface area contributed by atoms with Crippen molar-refractivity contribution >= 4 is 105 Å². The van der Waals surface area contributed by atoms with Crippen molar-refractivity contribution in [3.05, 3.63) is 548 Å². The Kier molecular flexibility index (Phi) is 23.7. The van der Waals surface area contributed by atoms with E-state index in [2.05, 4.69) is 557 Å². The van der Waals surface area contributed by atoms with Gasteiger partial charge in [0.05, 0.1) is 34.1 Å². The van der Waals surface area contributed by atoms with Crippen molar-refractivity contribution in [2.75, 3.05) is 14.7 Å². The van der Waals surface area contributed by atoms with E-state index in [1.165, 1.54) is 252 Å². The topological polar surface area (TPSA) is 9.72 Å². The van der Waals surface area contributed by atoms with Crippen molar-refractivity contribution in [1.29, 1.82) is 0 Å². The van der Waals surface area contributed by atoms with Crippen LogP contribution in [0.15, 0.2) is 515 Å². The molecule has 146 heavy (non-hydrogen) atoms. The summed E-state index contributed by atoms with van der Waals surface area (Å²) in [7, 11) is 0. The van der Waals surface area contributed by atoms with Gasteiger partial charge in [-0.1, -0.05) is 441 Å². The van der Waals surface area contributed by atoms with Gasteiger partial charge >= 0.3 is 0 Å². The Hall–Kier alpha value is -17.0. The fraction of sp³-hybridized carbons (Fsp3) is 0.0986. The largest absolute Gasteiger partial charge is 0.310 e. The molecule has 1 spiro atoms. The first-order chi connectivity index (χ1) is 72.0. The molecule has 1 saturated carbocycles. The predicted octanol–water partition coefficient (Wildman–Crippen LogP) is 40.4. The van der Waals surface area contributed by atoms with Gasteiger partial charge in [-0.15, -0.1) is 11.3 Å². The van der Waals surface area contributed by atoms with Crippen molar-refractivity contribution in [3.8, 4) is 111 Å². The van der Waals surface area contributed by atoms with Gasteiger partial charge < -0.3 is 14.7 Å². The molecule has 27 rings (SSSR count). The number of hydrogen-bond acceptors (Lipinski definition) is 4. The Morgan fingerprint density at radius 1 is 0.205 bits per heavy atom. The fourth-order valence-corrected chi connectivity index (χ4v) is 25.3. The van der Waals surface area contributed by atoms with E-state index in [0.717, 1.165) is 31.4 Å². The van der Waals surface area contributed by atoms with Crippen LogP contribution in [-0.2, 0) is 16.2 Å². The highest BCUT2D eigenvalue weighted by Gasteiger charge is 2.47. The van der Waals surface area contributed by atoms with Crippen LogP contribution in [-0.4, -0.2) is 0 Å². The number of rotatable bonds is 15. The molecule has 700 valence electrons. The van der Waals surface area contributed by atoms with Crippen LogP contribution < -0.4 is 14.7 Å². The molecule has 4 aliphatic rings. The molecule has 0 saturated heterocycles. The molecule has 0 amide bonds. The maximum Gasteiger partial charge on any atom is 0.0503 e. The zero-order valence-corrected chi connectivity index (χ0v) is 83.6. The van der Waals surface area contributed by atoms with Crippen LogP contribution in [0, 0.1) is 0 Å². The van der Waals surface area contributed by atoms with E-state index in [0.29, 0.717) is 0 Å². The summed E-state index contributed by atoms with van der Waals surface area (Å²) in [6.45, 7) is 9.49. The van der Waals surface area contributed by atoms with E-state index in [4.69, 9.17) is 0 Å². The summed E-state index contributed by atoms with van der Waals surface area (Å²) in [6, 6.07) is 188. The number of anilines is 9. The maximum atomic E-state index is 2.55. The highest BCUT2D eigenvalue weighted by molar-refractivity contribution is 7.17. The minimum absolute atomic E-state index is 0.0655. The van der Waals surface area contributed by atoms with Gasteiger partial charge in [-0.25, -0.2) is 0 Å². The minimum Gasteiger partial charge on any atom is -0.310 e. The third kappa shape index (κ3) is 16.4. The number of thiophene rings is 1. The van der Waals surface area contributed by atoms with Crippen LogP contribution in [0.5, 0.6) is 0 Å². The van der Waals surface area contributed by atoms with Crippen molar-refractivity contribution in [1.82, 2.24) is 0 Å². The summed E-state index contributed by atoms with van der Waals surface area (Å²) in [5, 5.41) is 11.3. The Bertz CT molecular complexity index is 8670. The summed E-state index contributed by atoms with van der Waals surface area (Å²) in [5.74, 6) is 0. The minimum atomic E-state index is -0.224. The molecule has 0 radical (unpaired) electrons. The van der Waals surface area contributed by atoms with Crippen LogP contribution in [0.2, 0.25) is 0 Å². The van der Waals surface area contributed by atoms with Crippen LogP contribution >= 0.6 is 11.3 Å². The summed E-state index contributed by atoms with van der Waals surface area (Å²) in [6.07, 6.45) is 8.13. The first-order valence-corrected chi connectivity index (χ1v) is 52.8. The van der Waals surface area contributed by atoms with Crippen molar-refractivity contribution in [2.24, 2.45) is 0 Å². The van der Waals surface area contributed by atoms with Crippen molar-refractivity contribution < 1.29 is 0 Å². The van der Waals surface area contributed by atoms with Gasteiger partial charge in [0.15, 0.2) is 0 Å². The molecule has 1 aliphatic carbocycles. The van der Waals surface area contributed by atoms with E-state index in [1.807, 2.05) is 11.3 Å². The lowest BCUT2D eigenvalue weighted by Gasteiger charge is -2.48. The molecule has 0 unspecified atom stereocenters. The second-order valence-electron chi connectivity index (χ2n) is 40.3. The number of hydrogen-bond donors (Lipinski definition) is 0. The third-order valence-corrected chi connectivity index (χ3v) is 32.9. The molecule has 0 N–H and O–H groups in total. The first kappa shape index (κ1) is 90.3. The standard InChI is InChI=1S/C52H41N.C47H35NS.C43H35N/c1-4-13-37(14-5-1)39-21-23-41(24-22-39)43-27-31-50-48(35-43)52(33-10-3-11-34-52)49-36-44(47-20-12-18-42-17-8-9-19-46(42)47)28-32-51(49)53(50)45-29-25-40(26-30-45)38-15-6-2-7-16-38;1-47(2)42-28-36(33-14-8-4-9-15-33)21-26-44(42)48(39-23-18-35(19-24-39)32-12-6-3-7-13-32)45-27-22-38(29-43(45)47)41-31-49-46-30-37(20-25-40(41)46)34-16-10-5-11-17-34;1-3-43(4-2)39-28-33(30-13-7-5-8-14-30)21-25-41(39)44(42-26-22-34(29-40(42)43)31-15-9-6-10-16-31)36-23-24-38-35(27-36)20-19-32-17-11-12-18-37(32)38/h1-2,4-9,12-32,35-36H,3,10-11,33-34H2;3-31H,1-2H3;5-29H,3-4H2,1-2H3. The van der Waals surface area contributed by atoms with E-state index >= 15 is 0 Å². The van der Waals surface area contributed by atoms with Crippen LogP contribution in [0.25, 0.3) is 154 Å². The zero-order valence-electron chi connectivity index (χ0n) is 82.8. The molecule has 23 aromatic rings.